The van der Waals surface area contributed by atoms with Crippen LogP contribution in [0.25, 0.3) is 22.5 Å². The van der Waals surface area contributed by atoms with Crippen LogP contribution in [0.4, 0.5) is 18.9 Å². The van der Waals surface area contributed by atoms with E-state index in [9.17, 15) is 26.9 Å². The molecule has 41 heavy (non-hydrogen) atoms. The third-order valence-electron chi connectivity index (χ3n) is 6.44. The number of benzene rings is 3. The Kier molecular flexibility index (Phi) is 7.07. The number of hydrogen-bond donors (Lipinski definition) is 1. The number of alkyl halides is 3. The summed E-state index contributed by atoms with van der Waals surface area (Å²) in [6.07, 6.45) is -0.843. The zero-order valence-electron chi connectivity index (χ0n) is 21.9. The molecule has 0 aliphatic carbocycles. The van der Waals surface area contributed by atoms with E-state index in [0.29, 0.717) is 33.8 Å². The van der Waals surface area contributed by atoms with Crippen LogP contribution in [-0.2, 0) is 16.0 Å². The Morgan fingerprint density at radius 3 is 2.37 bits per heavy atom. The third kappa shape index (κ3) is 5.52. The zero-order valence-corrected chi connectivity index (χ0v) is 23.5. The third-order valence-corrected chi connectivity index (χ3v) is 7.88. The molecular weight excluding hydrogens is 577 g/mol. The van der Waals surface area contributed by atoms with Crippen molar-refractivity contribution >= 4 is 32.8 Å². The second-order valence-electron chi connectivity index (χ2n) is 9.41. The van der Waals surface area contributed by atoms with Crippen LogP contribution >= 0.6 is 11.6 Å². The first-order valence-electron chi connectivity index (χ1n) is 12.1. The van der Waals surface area contributed by atoms with Crippen LogP contribution in [0, 0.1) is 18.3 Å². The summed E-state index contributed by atoms with van der Waals surface area (Å²) in [5, 5.41) is 13.1. The van der Waals surface area contributed by atoms with Crippen molar-refractivity contribution in [2.45, 2.75) is 18.0 Å². The molecule has 8 nitrogen and oxygen atoms in total. The van der Waals surface area contributed by atoms with Crippen molar-refractivity contribution in [3.8, 4) is 22.9 Å². The average Bonchev–Trinajstić information content (AvgIpc) is 3.51. The van der Waals surface area contributed by atoms with Crippen molar-refractivity contribution in [1.29, 1.82) is 5.26 Å². The Morgan fingerprint density at radius 1 is 1.00 bits per heavy atom. The first kappa shape index (κ1) is 28.2. The minimum Gasteiger partial charge on any atom is -0.301 e. The Bertz CT molecular complexity index is 1860. The van der Waals surface area contributed by atoms with Gasteiger partial charge >= 0.3 is 6.18 Å². The number of halogens is 4. The first-order valence-corrected chi connectivity index (χ1v) is 14.3. The number of nitrogens with one attached hydrogen (secondary N) is 1. The number of nitrogens with zero attached hydrogens (tertiary/aromatic N) is 5. The Balaban J connectivity index is 1.72. The van der Waals surface area contributed by atoms with E-state index < -0.39 is 21.7 Å². The second kappa shape index (κ2) is 10.3. The fraction of sp³-hybridized carbons (Fsp3) is 0.143. The van der Waals surface area contributed by atoms with Crippen LogP contribution in [0.5, 0.6) is 0 Å². The summed E-state index contributed by atoms with van der Waals surface area (Å²) < 4.78 is 66.4. The lowest BCUT2D eigenvalue weighted by Gasteiger charge is -2.27. The molecule has 0 unspecified atom stereocenters. The number of aromatic nitrogens is 2. The lowest BCUT2D eigenvalue weighted by molar-refractivity contribution is -0.141. The number of aryl methyl sites for hydroxylation is 1. The van der Waals surface area contributed by atoms with Gasteiger partial charge < -0.3 is 4.57 Å². The van der Waals surface area contributed by atoms with Gasteiger partial charge in [0.1, 0.15) is 11.9 Å². The highest BCUT2D eigenvalue weighted by molar-refractivity contribution is 7.90. The molecule has 1 aliphatic rings. The minimum absolute atomic E-state index is 0.113. The smallest absolute Gasteiger partial charge is 0.301 e. The number of hydrogen-bond acceptors (Lipinski definition) is 7. The quantitative estimate of drug-likeness (QED) is 0.303. The molecule has 0 fully saturated rings. The summed E-state index contributed by atoms with van der Waals surface area (Å²) in [6, 6.07) is 18.5. The Labute approximate surface area is 239 Å². The maximum atomic E-state index is 13.6. The molecule has 4 aromatic rings. The lowest BCUT2D eigenvalue weighted by Crippen LogP contribution is -2.38. The molecule has 0 spiro atoms. The van der Waals surface area contributed by atoms with Crippen molar-refractivity contribution < 1.29 is 21.6 Å². The lowest BCUT2D eigenvalue weighted by atomic mass is 10.0. The fourth-order valence-electron chi connectivity index (χ4n) is 4.48. The van der Waals surface area contributed by atoms with Gasteiger partial charge in [0.15, 0.2) is 15.5 Å². The highest BCUT2D eigenvalue weighted by atomic mass is 35.5. The number of anilines is 1. The van der Waals surface area contributed by atoms with Gasteiger partial charge in [-0.3, -0.25) is 10.0 Å². The monoisotopic (exact) mass is 598 g/mol. The van der Waals surface area contributed by atoms with E-state index in [2.05, 4.69) is 16.6 Å². The Hall–Kier alpha value is -4.31. The van der Waals surface area contributed by atoms with E-state index in [4.69, 9.17) is 11.6 Å². The fourth-order valence-corrected chi connectivity index (χ4v) is 5.31. The van der Waals surface area contributed by atoms with Crippen molar-refractivity contribution in [3.05, 3.63) is 101 Å². The van der Waals surface area contributed by atoms with Gasteiger partial charge in [-0.25, -0.2) is 13.4 Å². The van der Waals surface area contributed by atoms with E-state index in [1.54, 1.807) is 71.8 Å². The van der Waals surface area contributed by atoms with E-state index in [-0.39, 0.29) is 21.3 Å². The van der Waals surface area contributed by atoms with Crippen LogP contribution < -0.4 is 10.5 Å². The van der Waals surface area contributed by atoms with E-state index in [1.165, 1.54) is 23.6 Å². The summed E-state index contributed by atoms with van der Waals surface area (Å²) in [4.78, 5) is 3.86. The number of nitriles is 1. The molecule has 0 saturated heterocycles. The molecule has 0 radical (unpaired) electrons. The predicted octanol–water partition coefficient (Wildman–Crippen LogP) is 5.97. The molecule has 13 heteroatoms. The molecule has 2 heterocycles. The largest absolute Gasteiger partial charge is 0.434 e. The number of hydrazine groups is 2. The molecule has 0 atom stereocenters. The molecule has 0 saturated carbocycles. The van der Waals surface area contributed by atoms with Crippen molar-refractivity contribution in [1.82, 2.24) is 20.1 Å². The summed E-state index contributed by atoms with van der Waals surface area (Å²) in [5.74, 6) is 0.113. The first-order chi connectivity index (χ1) is 19.3. The van der Waals surface area contributed by atoms with Crippen molar-refractivity contribution in [3.63, 3.8) is 0 Å². The van der Waals surface area contributed by atoms with Crippen LogP contribution in [0.15, 0.2) is 78.0 Å². The van der Waals surface area contributed by atoms with Gasteiger partial charge in [-0.15, -0.1) is 5.53 Å². The highest BCUT2D eigenvalue weighted by Gasteiger charge is 2.35. The second-order valence-corrected chi connectivity index (χ2v) is 11.8. The number of rotatable bonds is 5. The standard InChI is InChI=1S/C28H22ClF3N6O2S/c1-17-34-27(28(30,31)32)16-37(17)24-10-8-19(18-5-4-6-22(12-18)41(3,39)40)13-25(24)38-26(15-36(2)35-38)20-7-9-23(29)21(11-20)14-33/h4-13,15-16,35H,1-3H3. The zero-order chi connectivity index (χ0) is 29.7. The molecule has 3 aromatic carbocycles. The highest BCUT2D eigenvalue weighted by Crippen LogP contribution is 2.38. The van der Waals surface area contributed by atoms with Gasteiger partial charge in [0, 0.05) is 31.3 Å². The number of sulfone groups is 1. The topological polar surface area (TPSA) is 94.3 Å². The predicted molar refractivity (Wildman–Crippen MR) is 149 cm³/mol. The molecule has 1 aliphatic heterocycles. The van der Waals surface area contributed by atoms with Gasteiger partial charge in [-0.05, 0) is 54.4 Å². The maximum Gasteiger partial charge on any atom is 0.434 e. The van der Waals surface area contributed by atoms with Gasteiger partial charge in [-0.1, -0.05) is 35.9 Å². The van der Waals surface area contributed by atoms with E-state index >= 15 is 0 Å². The van der Waals surface area contributed by atoms with Crippen LogP contribution in [0.1, 0.15) is 22.6 Å². The van der Waals surface area contributed by atoms with Crippen molar-refractivity contribution in [2.75, 3.05) is 18.3 Å². The maximum absolute atomic E-state index is 13.6. The molecule has 210 valence electrons. The van der Waals surface area contributed by atoms with Gasteiger partial charge in [0.25, 0.3) is 0 Å². The van der Waals surface area contributed by atoms with Gasteiger partial charge in [0.2, 0.25) is 0 Å². The molecule has 0 amide bonds. The minimum atomic E-state index is -4.64. The van der Waals surface area contributed by atoms with Crippen LogP contribution in [0.2, 0.25) is 5.02 Å². The van der Waals surface area contributed by atoms with E-state index in [1.807, 2.05) is 0 Å². The van der Waals surface area contributed by atoms with Crippen molar-refractivity contribution in [2.24, 2.45) is 0 Å². The van der Waals surface area contributed by atoms with Crippen LogP contribution in [0.3, 0.4) is 0 Å². The van der Waals surface area contributed by atoms with Gasteiger partial charge in [0.05, 0.1) is 32.6 Å². The molecule has 0 bridgehead atoms. The summed E-state index contributed by atoms with van der Waals surface area (Å²) in [7, 11) is -1.74. The molecule has 5 rings (SSSR count). The summed E-state index contributed by atoms with van der Waals surface area (Å²) in [6.45, 7) is 1.47. The molecule has 1 aromatic heterocycles. The summed E-state index contributed by atoms with van der Waals surface area (Å²) in [5.41, 5.74) is 5.60. The van der Waals surface area contributed by atoms with Gasteiger partial charge in [-0.2, -0.15) is 18.4 Å². The average molecular weight is 599 g/mol. The number of imidazole rings is 1. The Morgan fingerprint density at radius 2 is 1.71 bits per heavy atom. The van der Waals surface area contributed by atoms with Crippen LogP contribution in [-0.4, -0.2) is 36.3 Å². The normalized spacial score (nSPS) is 13.9. The SMILES string of the molecule is Cc1nc(C(F)(F)F)cn1-c1ccc(-c2cccc(S(C)(=O)=O)c2)cc1N1NN(C)C=C1c1ccc(Cl)c(C#N)c1. The summed E-state index contributed by atoms with van der Waals surface area (Å²) >= 11 is 6.15. The molecule has 1 N–H and O–H groups in total. The molecular formula is C28H22ClF3N6O2S. The van der Waals surface area contributed by atoms with E-state index in [0.717, 1.165) is 12.5 Å².